The number of esters is 1. The molecule has 8 heteroatoms. The monoisotopic (exact) mass is 310 g/mol. The van der Waals surface area contributed by atoms with Crippen LogP contribution in [0, 0.1) is 16.2 Å². The van der Waals surface area contributed by atoms with Crippen LogP contribution in [0.2, 0.25) is 0 Å². The summed E-state index contributed by atoms with van der Waals surface area (Å²) in [5.74, 6) is -3.39. The minimum Gasteiger partial charge on any atom is -0.507 e. The van der Waals surface area contributed by atoms with Gasteiger partial charge in [-0.05, 0) is 12.1 Å². The Bertz CT molecular complexity index is 680. The van der Waals surface area contributed by atoms with Gasteiger partial charge in [0, 0.05) is 0 Å². The first-order valence-electron chi connectivity index (χ1n) is 5.74. The summed E-state index contributed by atoms with van der Waals surface area (Å²) < 4.78 is 29.0. The van der Waals surface area contributed by atoms with E-state index in [-0.39, 0.29) is 11.3 Å². The fourth-order valence-corrected chi connectivity index (χ4v) is 1.34. The number of aromatic hydroxyl groups is 1. The van der Waals surface area contributed by atoms with E-state index in [1.807, 2.05) is 6.08 Å². The number of allylic oxidation sites excluding steroid dienone is 5. The number of phenols is 1. The number of carbonyl (C=O) groups is 1. The van der Waals surface area contributed by atoms with Crippen molar-refractivity contribution in [3.8, 4) is 5.75 Å². The summed E-state index contributed by atoms with van der Waals surface area (Å²) in [4.78, 5) is 19.8. The number of benzene rings is 1. The first-order valence-corrected chi connectivity index (χ1v) is 5.74. The molecule has 1 aromatic carbocycles. The Morgan fingerprint density at radius 1 is 1.36 bits per heavy atom. The summed E-state index contributed by atoms with van der Waals surface area (Å²) in [6.45, 7) is 0. The van der Waals surface area contributed by atoms with Gasteiger partial charge in [0.2, 0.25) is 0 Å². The Hall–Kier alpha value is -3.12. The van der Waals surface area contributed by atoms with Crippen LogP contribution < -0.4 is 0 Å². The topological polar surface area (TPSA) is 89.7 Å². The molecule has 0 spiro atoms. The van der Waals surface area contributed by atoms with E-state index in [0.29, 0.717) is 0 Å². The average molecular weight is 310 g/mol. The van der Waals surface area contributed by atoms with Crippen LogP contribution in [0.25, 0.3) is 0 Å². The molecule has 0 heterocycles. The number of rotatable bonds is 2. The van der Waals surface area contributed by atoms with E-state index in [2.05, 4.69) is 4.74 Å². The molecule has 0 bridgehead atoms. The Morgan fingerprint density at radius 2 is 2.00 bits per heavy atom. The molecule has 1 aliphatic rings. The van der Waals surface area contributed by atoms with Gasteiger partial charge in [-0.2, -0.15) is 4.39 Å². The Labute approximate surface area is 123 Å². The van der Waals surface area contributed by atoms with Gasteiger partial charge in [0.25, 0.3) is 0 Å². The van der Waals surface area contributed by atoms with E-state index < -0.39 is 28.2 Å². The molecule has 2 rings (SSSR count). The van der Waals surface area contributed by atoms with Crippen molar-refractivity contribution in [1.82, 2.24) is 0 Å². The van der Waals surface area contributed by atoms with Gasteiger partial charge in [-0.3, -0.25) is 10.1 Å². The van der Waals surface area contributed by atoms with E-state index in [1.54, 1.807) is 12.1 Å². The van der Waals surface area contributed by atoms with E-state index in [9.17, 15) is 23.7 Å². The number of methoxy groups -OCH3 is 1. The lowest BCUT2D eigenvalue weighted by atomic mass is 10.2. The van der Waals surface area contributed by atoms with Crippen LogP contribution in [0.4, 0.5) is 8.78 Å². The smallest absolute Gasteiger partial charge is 0.413 e. The molecule has 0 aliphatic heterocycles. The Morgan fingerprint density at radius 3 is 2.50 bits per heavy atom. The molecule has 0 saturated carbocycles. The molecule has 0 radical (unpaired) electrons. The lowest BCUT2D eigenvalue weighted by Gasteiger charge is -1.99. The van der Waals surface area contributed by atoms with Crippen molar-refractivity contribution in [2.24, 2.45) is 0 Å². The van der Waals surface area contributed by atoms with Crippen molar-refractivity contribution in [3.05, 3.63) is 75.5 Å². The maximum atomic E-state index is 12.4. The second kappa shape index (κ2) is 7.61. The number of hydrogen-bond acceptors (Lipinski definition) is 5. The fraction of sp³-hybridized carbons (Fsp3) is 0.0714. The van der Waals surface area contributed by atoms with Crippen LogP contribution in [-0.4, -0.2) is 23.1 Å². The van der Waals surface area contributed by atoms with Gasteiger partial charge in [0.15, 0.2) is 0 Å². The third kappa shape index (κ3) is 4.19. The standard InChI is InChI=1S/C8H8O3.C6H2F2NO2/c1-11-8(10)6-4-2-3-5-7(6)9;7-4-2-1-3-5(6(4)8)9(10)11/h2-5,9H,1H3;1,3H/q;+1. The van der Waals surface area contributed by atoms with Gasteiger partial charge in [-0.25, -0.2) is 4.79 Å². The summed E-state index contributed by atoms with van der Waals surface area (Å²) in [5, 5.41) is 19.1. The van der Waals surface area contributed by atoms with Crippen LogP contribution in [-0.2, 0) is 4.74 Å². The zero-order chi connectivity index (χ0) is 16.7. The van der Waals surface area contributed by atoms with E-state index in [0.717, 1.165) is 12.2 Å². The third-order valence-electron chi connectivity index (χ3n) is 2.37. The summed E-state index contributed by atoms with van der Waals surface area (Å²) in [7, 11) is 1.27. The van der Waals surface area contributed by atoms with Gasteiger partial charge < -0.3 is 9.84 Å². The number of halogens is 2. The number of nitrogens with zero attached hydrogens (tertiary/aromatic N) is 1. The summed E-state index contributed by atoms with van der Waals surface area (Å²) in [6, 6.07) is 6.24. The highest BCUT2D eigenvalue weighted by atomic mass is 19.2. The lowest BCUT2D eigenvalue weighted by Crippen LogP contribution is -2.01. The minimum absolute atomic E-state index is 0.0562. The maximum absolute atomic E-state index is 12.4. The van der Waals surface area contributed by atoms with Crippen molar-refractivity contribution in [2.45, 2.75) is 0 Å². The van der Waals surface area contributed by atoms with Gasteiger partial charge >= 0.3 is 23.3 Å². The van der Waals surface area contributed by atoms with Crippen molar-refractivity contribution in [1.29, 1.82) is 0 Å². The number of para-hydroxylation sites is 1. The van der Waals surface area contributed by atoms with E-state index in [4.69, 9.17) is 5.11 Å². The highest BCUT2D eigenvalue weighted by Gasteiger charge is 2.32. The number of carbonyl (C=O) groups excluding carboxylic acids is 1. The lowest BCUT2D eigenvalue weighted by molar-refractivity contribution is -0.421. The first-order chi connectivity index (χ1) is 10.4. The molecule has 22 heavy (non-hydrogen) atoms. The molecule has 0 fully saturated rings. The minimum atomic E-state index is -1.47. The molecule has 6 nitrogen and oxygen atoms in total. The van der Waals surface area contributed by atoms with Crippen molar-refractivity contribution in [3.63, 3.8) is 0 Å². The molecule has 1 aromatic rings. The van der Waals surface area contributed by atoms with Crippen molar-refractivity contribution < 1.29 is 28.3 Å². The van der Waals surface area contributed by atoms with Crippen molar-refractivity contribution in [2.75, 3.05) is 7.11 Å². The number of ether oxygens (including phenoxy) is 1. The number of nitro groups is 1. The zero-order valence-corrected chi connectivity index (χ0v) is 11.2. The Balaban J connectivity index is 0.000000220. The molecule has 114 valence electrons. The highest BCUT2D eigenvalue weighted by molar-refractivity contribution is 5.92. The average Bonchev–Trinajstić information content (AvgIpc) is 2.50. The normalized spacial score (nSPS) is 12.6. The van der Waals surface area contributed by atoms with Gasteiger partial charge in [0.05, 0.1) is 18.1 Å². The van der Waals surface area contributed by atoms with E-state index in [1.165, 1.54) is 19.2 Å². The quantitative estimate of drug-likeness (QED) is 0.392. The van der Waals surface area contributed by atoms with Crippen molar-refractivity contribution >= 4 is 5.97 Å². The van der Waals surface area contributed by atoms with E-state index >= 15 is 0 Å². The van der Waals surface area contributed by atoms with Crippen LogP contribution in [0.1, 0.15) is 10.4 Å². The molecule has 1 aliphatic carbocycles. The van der Waals surface area contributed by atoms with Gasteiger partial charge in [-0.15, -0.1) is 4.39 Å². The molecule has 0 aromatic heterocycles. The predicted octanol–water partition coefficient (Wildman–Crippen LogP) is 2.85. The summed E-state index contributed by atoms with van der Waals surface area (Å²) in [6.07, 6.45) is 3.65. The summed E-state index contributed by atoms with van der Waals surface area (Å²) in [5.41, 5.74) is -0.684. The second-order valence-corrected chi connectivity index (χ2v) is 3.76. The largest absolute Gasteiger partial charge is 0.507 e. The highest BCUT2D eigenvalue weighted by Crippen LogP contribution is 2.22. The first kappa shape index (κ1) is 16.9. The van der Waals surface area contributed by atoms with Crippen LogP contribution in [0.5, 0.6) is 5.75 Å². The molecular weight excluding hydrogens is 300 g/mol. The number of phenolic OH excluding ortho intramolecular Hbond substituents is 1. The molecular formula is C14H10F2NO5+. The summed E-state index contributed by atoms with van der Waals surface area (Å²) >= 11 is 0. The predicted molar refractivity (Wildman–Crippen MR) is 71.6 cm³/mol. The SMILES string of the molecule is COC(=O)c1ccccc1O.O=[N+]([O-])C1=C(F)C(F)=[C+]C=C1. The van der Waals surface area contributed by atoms with Crippen LogP contribution in [0.3, 0.4) is 0 Å². The maximum Gasteiger partial charge on any atom is 0.413 e. The third-order valence-corrected chi connectivity index (χ3v) is 2.37. The molecule has 1 N–H and O–H groups in total. The molecule has 0 amide bonds. The molecule has 0 unspecified atom stereocenters. The zero-order valence-electron chi connectivity index (χ0n) is 11.2. The van der Waals surface area contributed by atoms with Crippen LogP contribution >= 0.6 is 0 Å². The number of hydrogen-bond donors (Lipinski definition) is 1. The fourth-order valence-electron chi connectivity index (χ4n) is 1.34. The molecule has 0 saturated heterocycles. The van der Waals surface area contributed by atoms with Gasteiger partial charge in [-0.1, -0.05) is 12.1 Å². The van der Waals surface area contributed by atoms with Crippen LogP contribution in [0.15, 0.2) is 53.8 Å². The van der Waals surface area contributed by atoms with Gasteiger partial charge in [0.1, 0.15) is 23.5 Å². The Kier molecular flexibility index (Phi) is 5.85. The molecule has 0 atom stereocenters. The second-order valence-electron chi connectivity index (χ2n) is 3.76.